The quantitative estimate of drug-likeness (QED) is 0.533. The molecule has 1 aromatic carbocycles. The molecule has 0 fully saturated rings. The molecule has 0 spiro atoms. The van der Waals surface area contributed by atoms with Gasteiger partial charge in [-0.3, -0.25) is 0 Å². The van der Waals surface area contributed by atoms with Crippen LogP contribution in [0.5, 0.6) is 0 Å². The molecule has 2 heteroatoms. The summed E-state index contributed by atoms with van der Waals surface area (Å²) in [6.07, 6.45) is 5.18. The Balaban J connectivity index is 2.55. The summed E-state index contributed by atoms with van der Waals surface area (Å²) < 4.78 is 0. The SMILES string of the molecule is CCCCCC(NC)c1ccc(SCC)cc1. The third kappa shape index (κ3) is 5.13. The Bertz CT molecular complexity index is 294. The van der Waals surface area contributed by atoms with Crippen LogP contribution in [0.25, 0.3) is 0 Å². The molecule has 1 rings (SSSR count). The second-order valence-electron chi connectivity index (χ2n) is 4.34. The lowest BCUT2D eigenvalue weighted by molar-refractivity contribution is 0.512. The van der Waals surface area contributed by atoms with Crippen LogP contribution in [-0.2, 0) is 0 Å². The van der Waals surface area contributed by atoms with Crippen molar-refractivity contribution in [1.82, 2.24) is 5.32 Å². The maximum atomic E-state index is 3.42. The molecule has 0 aliphatic carbocycles. The molecule has 0 saturated carbocycles. The van der Waals surface area contributed by atoms with Crippen LogP contribution in [0.3, 0.4) is 0 Å². The smallest absolute Gasteiger partial charge is 0.0317 e. The first-order valence-corrected chi connectivity index (χ1v) is 7.70. The first-order valence-electron chi connectivity index (χ1n) is 6.71. The minimum atomic E-state index is 0.516. The van der Waals surface area contributed by atoms with E-state index in [-0.39, 0.29) is 0 Å². The van der Waals surface area contributed by atoms with E-state index in [0.29, 0.717) is 6.04 Å². The number of unbranched alkanes of at least 4 members (excludes halogenated alkanes) is 2. The van der Waals surface area contributed by atoms with Gasteiger partial charge in [-0.2, -0.15) is 0 Å². The first-order chi connectivity index (χ1) is 8.31. The summed E-state index contributed by atoms with van der Waals surface area (Å²) in [5.74, 6) is 1.14. The van der Waals surface area contributed by atoms with Gasteiger partial charge in [0.05, 0.1) is 0 Å². The minimum absolute atomic E-state index is 0.516. The van der Waals surface area contributed by atoms with E-state index < -0.39 is 0 Å². The monoisotopic (exact) mass is 251 g/mol. The summed E-state index contributed by atoms with van der Waals surface area (Å²) in [6, 6.07) is 9.54. The Morgan fingerprint density at radius 2 is 1.82 bits per heavy atom. The van der Waals surface area contributed by atoms with Gasteiger partial charge in [-0.1, -0.05) is 45.2 Å². The summed E-state index contributed by atoms with van der Waals surface area (Å²) in [5.41, 5.74) is 1.42. The average molecular weight is 251 g/mol. The zero-order valence-electron chi connectivity index (χ0n) is 11.3. The molecule has 0 heterocycles. The van der Waals surface area contributed by atoms with Gasteiger partial charge in [-0.15, -0.1) is 11.8 Å². The molecule has 1 nitrogen and oxygen atoms in total. The highest BCUT2D eigenvalue weighted by Gasteiger charge is 2.08. The lowest BCUT2D eigenvalue weighted by Crippen LogP contribution is -2.16. The third-order valence-electron chi connectivity index (χ3n) is 3.04. The lowest BCUT2D eigenvalue weighted by atomic mass is 10.0. The van der Waals surface area contributed by atoms with Crippen molar-refractivity contribution in [2.45, 2.75) is 50.5 Å². The molecule has 0 amide bonds. The summed E-state index contributed by atoms with van der Waals surface area (Å²) in [5, 5.41) is 3.42. The molecule has 0 radical (unpaired) electrons. The number of benzene rings is 1. The lowest BCUT2D eigenvalue weighted by Gasteiger charge is -2.16. The van der Waals surface area contributed by atoms with E-state index in [1.807, 2.05) is 11.8 Å². The molecule has 1 atom stereocenters. The summed E-state index contributed by atoms with van der Waals surface area (Å²) >= 11 is 1.90. The van der Waals surface area contributed by atoms with Crippen LogP contribution in [-0.4, -0.2) is 12.8 Å². The predicted molar refractivity (Wildman–Crippen MR) is 78.8 cm³/mol. The van der Waals surface area contributed by atoms with Crippen LogP contribution in [0.4, 0.5) is 0 Å². The zero-order chi connectivity index (χ0) is 12.5. The van der Waals surface area contributed by atoms with Gasteiger partial charge >= 0.3 is 0 Å². The summed E-state index contributed by atoms with van der Waals surface area (Å²) in [4.78, 5) is 1.37. The fourth-order valence-electron chi connectivity index (χ4n) is 2.04. The molecule has 1 N–H and O–H groups in total. The Morgan fingerprint density at radius 3 is 2.35 bits per heavy atom. The van der Waals surface area contributed by atoms with E-state index in [0.717, 1.165) is 5.75 Å². The van der Waals surface area contributed by atoms with Gasteiger partial charge in [0.2, 0.25) is 0 Å². The molecule has 0 aliphatic rings. The maximum Gasteiger partial charge on any atom is 0.0317 e. The summed E-state index contributed by atoms with van der Waals surface area (Å²) in [6.45, 7) is 4.45. The van der Waals surface area contributed by atoms with E-state index >= 15 is 0 Å². The number of hydrogen-bond donors (Lipinski definition) is 1. The van der Waals surface area contributed by atoms with Crippen LogP contribution < -0.4 is 5.32 Å². The third-order valence-corrected chi connectivity index (χ3v) is 3.93. The van der Waals surface area contributed by atoms with Gasteiger partial charge in [-0.25, -0.2) is 0 Å². The average Bonchev–Trinajstić information content (AvgIpc) is 2.36. The summed E-state index contributed by atoms with van der Waals surface area (Å²) in [7, 11) is 2.06. The highest BCUT2D eigenvalue weighted by atomic mass is 32.2. The molecule has 0 saturated heterocycles. The normalized spacial score (nSPS) is 12.6. The van der Waals surface area contributed by atoms with Gasteiger partial charge in [0.15, 0.2) is 0 Å². The van der Waals surface area contributed by atoms with Gasteiger partial charge in [0.1, 0.15) is 0 Å². The number of nitrogens with one attached hydrogen (secondary N) is 1. The van der Waals surface area contributed by atoms with Crippen LogP contribution >= 0.6 is 11.8 Å². The van der Waals surface area contributed by atoms with Crippen molar-refractivity contribution >= 4 is 11.8 Å². The van der Waals surface area contributed by atoms with E-state index in [1.54, 1.807) is 0 Å². The standard InChI is InChI=1S/C15H25NS/c1-4-6-7-8-15(16-3)13-9-11-14(12-10-13)17-5-2/h9-12,15-16H,4-8H2,1-3H3. The van der Waals surface area contributed by atoms with Crippen molar-refractivity contribution in [3.05, 3.63) is 29.8 Å². The Morgan fingerprint density at radius 1 is 1.12 bits per heavy atom. The van der Waals surface area contributed by atoms with E-state index in [4.69, 9.17) is 0 Å². The van der Waals surface area contributed by atoms with Gasteiger partial charge in [0.25, 0.3) is 0 Å². The highest BCUT2D eigenvalue weighted by molar-refractivity contribution is 7.99. The first kappa shape index (κ1) is 14.6. The molecule has 1 unspecified atom stereocenters. The highest BCUT2D eigenvalue weighted by Crippen LogP contribution is 2.23. The van der Waals surface area contributed by atoms with Crippen molar-refractivity contribution in [2.75, 3.05) is 12.8 Å². The van der Waals surface area contributed by atoms with Crippen molar-refractivity contribution in [1.29, 1.82) is 0 Å². The topological polar surface area (TPSA) is 12.0 Å². The Hall–Kier alpha value is -0.470. The van der Waals surface area contributed by atoms with E-state index in [1.165, 1.54) is 36.1 Å². The van der Waals surface area contributed by atoms with Crippen molar-refractivity contribution < 1.29 is 0 Å². The van der Waals surface area contributed by atoms with Crippen molar-refractivity contribution in [3.8, 4) is 0 Å². The van der Waals surface area contributed by atoms with Crippen LogP contribution in [0.15, 0.2) is 29.2 Å². The molecule has 0 bridgehead atoms. The molecule has 96 valence electrons. The fraction of sp³-hybridized carbons (Fsp3) is 0.600. The van der Waals surface area contributed by atoms with Gasteiger partial charge in [-0.05, 0) is 36.9 Å². The van der Waals surface area contributed by atoms with Crippen LogP contribution in [0.2, 0.25) is 0 Å². The Labute approximate surface area is 110 Å². The number of thioether (sulfide) groups is 1. The molecule has 1 aromatic rings. The maximum absolute atomic E-state index is 3.42. The molecule has 17 heavy (non-hydrogen) atoms. The second-order valence-corrected chi connectivity index (χ2v) is 5.68. The number of rotatable bonds is 8. The molecule has 0 aliphatic heterocycles. The predicted octanol–water partition coefficient (Wildman–Crippen LogP) is 4.64. The molecular formula is C15H25NS. The fourth-order valence-corrected chi connectivity index (χ4v) is 2.70. The Kier molecular flexibility index (Phi) is 7.38. The van der Waals surface area contributed by atoms with Crippen LogP contribution in [0.1, 0.15) is 51.1 Å². The van der Waals surface area contributed by atoms with Crippen molar-refractivity contribution in [2.24, 2.45) is 0 Å². The van der Waals surface area contributed by atoms with E-state index in [9.17, 15) is 0 Å². The minimum Gasteiger partial charge on any atom is -0.313 e. The largest absolute Gasteiger partial charge is 0.313 e. The van der Waals surface area contributed by atoms with Crippen LogP contribution in [0, 0.1) is 0 Å². The molecular weight excluding hydrogens is 226 g/mol. The number of hydrogen-bond acceptors (Lipinski definition) is 2. The van der Waals surface area contributed by atoms with Crippen molar-refractivity contribution in [3.63, 3.8) is 0 Å². The zero-order valence-corrected chi connectivity index (χ0v) is 12.1. The molecule has 0 aromatic heterocycles. The van der Waals surface area contributed by atoms with Gasteiger partial charge in [0, 0.05) is 10.9 Å². The second kappa shape index (κ2) is 8.60. The van der Waals surface area contributed by atoms with E-state index in [2.05, 4.69) is 50.5 Å². The van der Waals surface area contributed by atoms with Gasteiger partial charge < -0.3 is 5.32 Å².